The Labute approximate surface area is 179 Å². The van der Waals surface area contributed by atoms with Crippen molar-refractivity contribution in [1.82, 2.24) is 10.7 Å². The Kier molecular flexibility index (Phi) is 7.21. The highest BCUT2D eigenvalue weighted by Gasteiger charge is 2.26. The van der Waals surface area contributed by atoms with E-state index in [0.717, 1.165) is 18.4 Å². The predicted octanol–water partition coefficient (Wildman–Crippen LogP) is 1.75. The maximum absolute atomic E-state index is 12.1. The molecule has 0 atom stereocenters. The second-order valence-corrected chi connectivity index (χ2v) is 7.06. The van der Waals surface area contributed by atoms with E-state index in [0.29, 0.717) is 22.7 Å². The molecule has 162 valence electrons. The maximum Gasteiger partial charge on any atom is 0.329 e. The number of ether oxygens (including phenoxy) is 2. The Morgan fingerprint density at radius 3 is 2.48 bits per heavy atom. The van der Waals surface area contributed by atoms with E-state index in [1.807, 2.05) is 31.2 Å². The van der Waals surface area contributed by atoms with Gasteiger partial charge in [-0.1, -0.05) is 17.7 Å². The number of nitrogens with one attached hydrogen (secondary N) is 3. The molecule has 9 nitrogen and oxygen atoms in total. The standard InChI is InChI=1S/C22H24N4O5/c1-14-3-6-16(7-4-14)24-20(27)13-31-18-10-5-15(11-19(18)30-2)12-23-26-22(29)21(28)25-17-8-9-17/h3-7,10-12,17H,8-9,13H2,1-2H3,(H,24,27)(H,25,28)(H,26,29)/b23-12-. The van der Waals surface area contributed by atoms with Gasteiger partial charge in [-0.15, -0.1) is 0 Å². The van der Waals surface area contributed by atoms with Crippen molar-refractivity contribution in [3.05, 3.63) is 53.6 Å². The number of hydrogen-bond donors (Lipinski definition) is 3. The van der Waals surface area contributed by atoms with Crippen LogP contribution in [0.2, 0.25) is 0 Å². The van der Waals surface area contributed by atoms with Gasteiger partial charge in [0.2, 0.25) is 0 Å². The highest BCUT2D eigenvalue weighted by Crippen LogP contribution is 2.27. The van der Waals surface area contributed by atoms with Crippen molar-refractivity contribution in [2.45, 2.75) is 25.8 Å². The number of rotatable bonds is 8. The van der Waals surface area contributed by atoms with E-state index >= 15 is 0 Å². The average molecular weight is 424 g/mol. The fourth-order valence-corrected chi connectivity index (χ4v) is 2.56. The summed E-state index contributed by atoms with van der Waals surface area (Å²) in [5, 5.41) is 9.10. The first-order valence-corrected chi connectivity index (χ1v) is 9.76. The van der Waals surface area contributed by atoms with Crippen LogP contribution in [0, 0.1) is 6.92 Å². The van der Waals surface area contributed by atoms with Crippen LogP contribution in [0.25, 0.3) is 0 Å². The van der Waals surface area contributed by atoms with Crippen LogP contribution >= 0.6 is 0 Å². The highest BCUT2D eigenvalue weighted by molar-refractivity contribution is 6.35. The van der Waals surface area contributed by atoms with Crippen LogP contribution in [0.4, 0.5) is 5.69 Å². The van der Waals surface area contributed by atoms with E-state index in [9.17, 15) is 14.4 Å². The number of carbonyl (C=O) groups is 3. The zero-order valence-electron chi connectivity index (χ0n) is 17.3. The summed E-state index contributed by atoms with van der Waals surface area (Å²) in [4.78, 5) is 35.3. The van der Waals surface area contributed by atoms with Gasteiger partial charge in [-0.2, -0.15) is 5.10 Å². The van der Waals surface area contributed by atoms with Crippen LogP contribution in [0.15, 0.2) is 47.6 Å². The second-order valence-electron chi connectivity index (χ2n) is 7.06. The molecule has 3 amide bonds. The van der Waals surface area contributed by atoms with Gasteiger partial charge >= 0.3 is 11.8 Å². The minimum Gasteiger partial charge on any atom is -0.493 e. The SMILES string of the molecule is COc1cc(/C=N\NC(=O)C(=O)NC2CC2)ccc1OCC(=O)Nc1ccc(C)cc1. The first-order chi connectivity index (χ1) is 14.9. The van der Waals surface area contributed by atoms with Crippen molar-refractivity contribution in [3.63, 3.8) is 0 Å². The molecule has 1 fully saturated rings. The zero-order chi connectivity index (χ0) is 22.2. The fourth-order valence-electron chi connectivity index (χ4n) is 2.56. The molecule has 9 heteroatoms. The van der Waals surface area contributed by atoms with Crippen LogP contribution in [0.1, 0.15) is 24.0 Å². The molecule has 0 unspecified atom stereocenters. The minimum atomic E-state index is -0.824. The summed E-state index contributed by atoms with van der Waals surface area (Å²) in [6.07, 6.45) is 3.16. The first-order valence-electron chi connectivity index (χ1n) is 9.76. The molecule has 1 saturated carbocycles. The summed E-state index contributed by atoms with van der Waals surface area (Å²) in [6, 6.07) is 12.5. The lowest BCUT2D eigenvalue weighted by Gasteiger charge is -2.11. The van der Waals surface area contributed by atoms with Crippen LogP contribution in [-0.4, -0.2) is 43.7 Å². The van der Waals surface area contributed by atoms with E-state index in [-0.39, 0.29) is 18.6 Å². The second kappa shape index (κ2) is 10.2. The average Bonchev–Trinajstić information content (AvgIpc) is 3.58. The molecule has 2 aromatic rings. The van der Waals surface area contributed by atoms with Gasteiger partial charge in [-0.05, 0) is 55.7 Å². The lowest BCUT2D eigenvalue weighted by molar-refractivity contribution is -0.139. The number of benzene rings is 2. The monoisotopic (exact) mass is 424 g/mol. The van der Waals surface area contributed by atoms with Gasteiger partial charge in [0.1, 0.15) is 0 Å². The number of methoxy groups -OCH3 is 1. The molecule has 0 radical (unpaired) electrons. The van der Waals surface area contributed by atoms with Crippen molar-refractivity contribution in [3.8, 4) is 11.5 Å². The molecule has 31 heavy (non-hydrogen) atoms. The molecule has 0 heterocycles. The molecule has 3 N–H and O–H groups in total. The van der Waals surface area contributed by atoms with Gasteiger partial charge in [0.05, 0.1) is 13.3 Å². The summed E-state index contributed by atoms with van der Waals surface area (Å²) in [5.74, 6) is -1.06. The van der Waals surface area contributed by atoms with E-state index in [1.54, 1.807) is 18.2 Å². The maximum atomic E-state index is 12.1. The number of amides is 3. The molecular weight excluding hydrogens is 400 g/mol. The molecule has 2 aromatic carbocycles. The Morgan fingerprint density at radius 1 is 1.06 bits per heavy atom. The number of hydrogen-bond acceptors (Lipinski definition) is 6. The van der Waals surface area contributed by atoms with E-state index < -0.39 is 11.8 Å². The van der Waals surface area contributed by atoms with Crippen molar-refractivity contribution in [2.75, 3.05) is 19.0 Å². The molecule has 0 aliphatic heterocycles. The fraction of sp³-hybridized carbons (Fsp3) is 0.273. The van der Waals surface area contributed by atoms with Gasteiger partial charge in [-0.25, -0.2) is 5.43 Å². The van der Waals surface area contributed by atoms with Crippen LogP contribution in [0.3, 0.4) is 0 Å². The Balaban J connectivity index is 1.51. The predicted molar refractivity (Wildman–Crippen MR) is 115 cm³/mol. The Hall–Kier alpha value is -3.88. The summed E-state index contributed by atoms with van der Waals surface area (Å²) >= 11 is 0. The number of aryl methyl sites for hydroxylation is 1. The third kappa shape index (κ3) is 6.84. The molecule has 0 aromatic heterocycles. The van der Waals surface area contributed by atoms with Gasteiger partial charge in [0.25, 0.3) is 5.91 Å². The van der Waals surface area contributed by atoms with Crippen LogP contribution in [0.5, 0.6) is 11.5 Å². The number of anilines is 1. The first kappa shape index (κ1) is 21.8. The lowest BCUT2D eigenvalue weighted by Crippen LogP contribution is -2.38. The van der Waals surface area contributed by atoms with Gasteiger partial charge < -0.3 is 20.1 Å². The smallest absolute Gasteiger partial charge is 0.329 e. The summed E-state index contributed by atoms with van der Waals surface area (Å²) in [7, 11) is 1.47. The summed E-state index contributed by atoms with van der Waals surface area (Å²) < 4.78 is 10.8. The van der Waals surface area contributed by atoms with Crippen molar-refractivity contribution < 1.29 is 23.9 Å². The van der Waals surface area contributed by atoms with E-state index in [1.165, 1.54) is 13.3 Å². The van der Waals surface area contributed by atoms with E-state index in [2.05, 4.69) is 21.2 Å². The lowest BCUT2D eigenvalue weighted by atomic mass is 10.2. The minimum absolute atomic E-state index is 0.0954. The van der Waals surface area contributed by atoms with Crippen molar-refractivity contribution in [1.29, 1.82) is 0 Å². The third-order valence-corrected chi connectivity index (χ3v) is 4.38. The Bertz CT molecular complexity index is 984. The highest BCUT2D eigenvalue weighted by atomic mass is 16.5. The van der Waals surface area contributed by atoms with Crippen LogP contribution in [-0.2, 0) is 14.4 Å². The molecule has 0 spiro atoms. The zero-order valence-corrected chi connectivity index (χ0v) is 17.3. The van der Waals surface area contributed by atoms with Crippen molar-refractivity contribution in [2.24, 2.45) is 5.10 Å². The van der Waals surface area contributed by atoms with Gasteiger partial charge in [0, 0.05) is 11.7 Å². The number of hydrazone groups is 1. The molecular formula is C22H24N4O5. The third-order valence-electron chi connectivity index (χ3n) is 4.38. The quantitative estimate of drug-likeness (QED) is 0.339. The van der Waals surface area contributed by atoms with Crippen molar-refractivity contribution >= 4 is 29.6 Å². The van der Waals surface area contributed by atoms with Crippen LogP contribution < -0.4 is 25.5 Å². The molecule has 1 aliphatic rings. The number of carbonyl (C=O) groups excluding carboxylic acids is 3. The van der Waals surface area contributed by atoms with E-state index in [4.69, 9.17) is 9.47 Å². The van der Waals surface area contributed by atoms with Gasteiger partial charge in [-0.3, -0.25) is 14.4 Å². The van der Waals surface area contributed by atoms with Gasteiger partial charge in [0.15, 0.2) is 18.1 Å². The largest absolute Gasteiger partial charge is 0.493 e. The summed E-state index contributed by atoms with van der Waals surface area (Å²) in [6.45, 7) is 1.78. The molecule has 3 rings (SSSR count). The molecule has 1 aliphatic carbocycles. The number of nitrogens with zero attached hydrogens (tertiary/aromatic N) is 1. The molecule has 0 saturated heterocycles. The molecule has 0 bridgehead atoms. The Morgan fingerprint density at radius 2 is 1.81 bits per heavy atom. The topological polar surface area (TPSA) is 118 Å². The normalized spacial score (nSPS) is 12.8. The summed E-state index contributed by atoms with van der Waals surface area (Å²) in [5.41, 5.74) is 4.57.